The highest BCUT2D eigenvalue weighted by molar-refractivity contribution is 9.11. The molecule has 3 rings (SSSR count). The third kappa shape index (κ3) is 3.65. The molecule has 0 unspecified atom stereocenters. The molecule has 2 aromatic carbocycles. The maximum absolute atomic E-state index is 12.9. The first-order chi connectivity index (χ1) is 11.4. The van der Waals surface area contributed by atoms with Gasteiger partial charge >= 0.3 is 0 Å². The van der Waals surface area contributed by atoms with Crippen molar-refractivity contribution in [1.82, 2.24) is 4.31 Å². The van der Waals surface area contributed by atoms with Crippen LogP contribution in [0.1, 0.15) is 0 Å². The average molecular weight is 495 g/mol. The van der Waals surface area contributed by atoms with E-state index in [1.165, 1.54) is 4.31 Å². The zero-order valence-corrected chi connectivity index (χ0v) is 17.4. The van der Waals surface area contributed by atoms with Gasteiger partial charge in [-0.3, -0.25) is 0 Å². The molecule has 24 heavy (non-hydrogen) atoms. The third-order valence-corrected chi connectivity index (χ3v) is 7.65. The first-order valence-electron chi connectivity index (χ1n) is 7.34. The summed E-state index contributed by atoms with van der Waals surface area (Å²) in [6.45, 7) is 2.06. The predicted molar refractivity (Wildman–Crippen MR) is 104 cm³/mol. The first-order valence-corrected chi connectivity index (χ1v) is 10.7. The van der Waals surface area contributed by atoms with Crippen LogP contribution in [0.5, 0.6) is 0 Å². The summed E-state index contributed by atoms with van der Waals surface area (Å²) < 4.78 is 28.6. The molecule has 1 aliphatic heterocycles. The van der Waals surface area contributed by atoms with E-state index in [9.17, 15) is 8.42 Å². The molecule has 1 heterocycles. The van der Waals surface area contributed by atoms with Crippen molar-refractivity contribution in [2.75, 3.05) is 31.1 Å². The van der Waals surface area contributed by atoms with Crippen molar-refractivity contribution in [3.8, 4) is 0 Å². The smallest absolute Gasteiger partial charge is 0.244 e. The molecule has 0 aromatic heterocycles. The number of nitrogens with zero attached hydrogens (tertiary/aromatic N) is 2. The summed E-state index contributed by atoms with van der Waals surface area (Å²) in [5.41, 5.74) is 0.944. The Bertz CT molecular complexity index is 853. The van der Waals surface area contributed by atoms with Crippen molar-refractivity contribution in [3.63, 3.8) is 0 Å². The Morgan fingerprint density at radius 3 is 2.29 bits per heavy atom. The van der Waals surface area contributed by atoms with E-state index in [-0.39, 0.29) is 4.90 Å². The second kappa shape index (κ2) is 7.33. The number of anilines is 1. The maximum atomic E-state index is 12.9. The summed E-state index contributed by atoms with van der Waals surface area (Å²) in [6.07, 6.45) is 0. The van der Waals surface area contributed by atoms with Crippen LogP contribution in [-0.4, -0.2) is 38.9 Å². The number of hydrogen-bond donors (Lipinski definition) is 0. The second-order valence-corrected chi connectivity index (χ2v) is 9.50. The van der Waals surface area contributed by atoms with Crippen LogP contribution in [0.2, 0.25) is 5.02 Å². The molecule has 0 spiro atoms. The van der Waals surface area contributed by atoms with Crippen LogP contribution in [0.15, 0.2) is 56.3 Å². The molecule has 0 aliphatic carbocycles. The fourth-order valence-electron chi connectivity index (χ4n) is 2.69. The first kappa shape index (κ1) is 18.2. The van der Waals surface area contributed by atoms with Gasteiger partial charge in [-0.2, -0.15) is 4.31 Å². The number of rotatable bonds is 3. The number of para-hydroxylation sites is 1. The largest absolute Gasteiger partial charge is 0.368 e. The maximum Gasteiger partial charge on any atom is 0.244 e. The van der Waals surface area contributed by atoms with Crippen molar-refractivity contribution in [1.29, 1.82) is 0 Å². The molecular formula is C16H15Br2ClN2O2S. The Balaban J connectivity index is 1.79. The molecule has 4 nitrogen and oxygen atoms in total. The van der Waals surface area contributed by atoms with Crippen LogP contribution >= 0.6 is 43.5 Å². The summed E-state index contributed by atoms with van der Waals surface area (Å²) in [6, 6.07) is 12.8. The molecule has 0 radical (unpaired) electrons. The van der Waals surface area contributed by atoms with Crippen LogP contribution in [0.3, 0.4) is 0 Å². The van der Waals surface area contributed by atoms with Gasteiger partial charge in [0.05, 0.1) is 15.6 Å². The molecule has 1 aliphatic rings. The lowest BCUT2D eigenvalue weighted by Crippen LogP contribution is -2.48. The topological polar surface area (TPSA) is 40.6 Å². The monoisotopic (exact) mass is 492 g/mol. The lowest BCUT2D eigenvalue weighted by molar-refractivity contribution is 0.384. The lowest BCUT2D eigenvalue weighted by atomic mass is 10.2. The van der Waals surface area contributed by atoms with E-state index in [2.05, 4.69) is 36.8 Å². The van der Waals surface area contributed by atoms with Crippen LogP contribution in [-0.2, 0) is 10.0 Å². The highest BCUT2D eigenvalue weighted by Crippen LogP contribution is 2.30. The minimum atomic E-state index is -3.53. The van der Waals surface area contributed by atoms with Crippen LogP contribution in [0.4, 0.5) is 5.69 Å². The molecular weight excluding hydrogens is 480 g/mol. The van der Waals surface area contributed by atoms with Gasteiger partial charge in [0.2, 0.25) is 10.0 Å². The zero-order valence-electron chi connectivity index (χ0n) is 12.6. The van der Waals surface area contributed by atoms with Crippen LogP contribution < -0.4 is 4.90 Å². The van der Waals surface area contributed by atoms with Gasteiger partial charge in [-0.05, 0) is 46.3 Å². The van der Waals surface area contributed by atoms with Crippen molar-refractivity contribution in [2.45, 2.75) is 4.90 Å². The van der Waals surface area contributed by atoms with E-state index in [1.807, 2.05) is 24.3 Å². The molecule has 0 amide bonds. The third-order valence-electron chi connectivity index (χ3n) is 3.94. The van der Waals surface area contributed by atoms with Gasteiger partial charge in [-0.25, -0.2) is 8.42 Å². The summed E-state index contributed by atoms with van der Waals surface area (Å²) in [5, 5.41) is 0.684. The Morgan fingerprint density at radius 2 is 1.62 bits per heavy atom. The zero-order chi connectivity index (χ0) is 17.3. The normalized spacial score (nSPS) is 16.4. The van der Waals surface area contributed by atoms with Gasteiger partial charge in [0.1, 0.15) is 0 Å². The van der Waals surface area contributed by atoms with E-state index in [4.69, 9.17) is 11.6 Å². The van der Waals surface area contributed by atoms with Gasteiger partial charge < -0.3 is 4.90 Å². The molecule has 1 saturated heterocycles. The lowest BCUT2D eigenvalue weighted by Gasteiger charge is -2.35. The Morgan fingerprint density at radius 1 is 0.958 bits per heavy atom. The van der Waals surface area contributed by atoms with Crippen molar-refractivity contribution in [2.24, 2.45) is 0 Å². The predicted octanol–water partition coefficient (Wildman–Crippen LogP) is 4.38. The van der Waals surface area contributed by atoms with Gasteiger partial charge in [0, 0.05) is 35.1 Å². The summed E-state index contributed by atoms with van der Waals surface area (Å²) in [5.74, 6) is 0. The molecule has 0 saturated carbocycles. The molecule has 0 N–H and O–H groups in total. The quantitative estimate of drug-likeness (QED) is 0.636. The fourth-order valence-corrected chi connectivity index (χ4v) is 5.83. The number of benzene rings is 2. The summed E-state index contributed by atoms with van der Waals surface area (Å²) in [4.78, 5) is 2.40. The second-order valence-electron chi connectivity index (χ2n) is 5.42. The highest BCUT2D eigenvalue weighted by Gasteiger charge is 2.30. The molecule has 128 valence electrons. The molecule has 2 aromatic rings. The fraction of sp³-hybridized carbons (Fsp3) is 0.250. The molecule has 8 heteroatoms. The minimum Gasteiger partial charge on any atom is -0.368 e. The van der Waals surface area contributed by atoms with E-state index in [1.54, 1.807) is 18.2 Å². The Hall–Kier alpha value is -0.600. The number of piperazine rings is 1. The van der Waals surface area contributed by atoms with E-state index >= 15 is 0 Å². The van der Waals surface area contributed by atoms with Crippen molar-refractivity contribution in [3.05, 3.63) is 56.4 Å². The number of halogens is 3. The van der Waals surface area contributed by atoms with E-state index in [0.717, 1.165) is 10.2 Å². The van der Waals surface area contributed by atoms with Gasteiger partial charge in [0.15, 0.2) is 0 Å². The Kier molecular flexibility index (Phi) is 5.56. The van der Waals surface area contributed by atoms with Gasteiger partial charge in [-0.1, -0.05) is 39.7 Å². The number of sulfonamides is 1. The molecule has 1 fully saturated rings. The van der Waals surface area contributed by atoms with Crippen molar-refractivity contribution >= 4 is 59.2 Å². The van der Waals surface area contributed by atoms with Gasteiger partial charge in [-0.15, -0.1) is 0 Å². The standard InChI is InChI=1S/C16H15Br2ClN2O2S/c17-12-5-6-13(18)16(11-12)24(22,23)21-9-7-20(8-10-21)15-4-2-1-3-14(15)19/h1-6,11H,7-10H2. The minimum absolute atomic E-state index is 0.281. The summed E-state index contributed by atoms with van der Waals surface area (Å²) in [7, 11) is -3.53. The molecule has 0 atom stereocenters. The molecule has 0 bridgehead atoms. The number of hydrogen-bond acceptors (Lipinski definition) is 3. The van der Waals surface area contributed by atoms with Gasteiger partial charge in [0.25, 0.3) is 0 Å². The van der Waals surface area contributed by atoms with E-state index in [0.29, 0.717) is 35.7 Å². The Labute approximate surface area is 163 Å². The van der Waals surface area contributed by atoms with Crippen molar-refractivity contribution < 1.29 is 8.42 Å². The van der Waals surface area contributed by atoms with E-state index < -0.39 is 10.0 Å². The van der Waals surface area contributed by atoms with Crippen LogP contribution in [0.25, 0.3) is 0 Å². The summed E-state index contributed by atoms with van der Waals surface area (Å²) >= 11 is 12.9. The average Bonchev–Trinajstić information content (AvgIpc) is 2.57. The SMILES string of the molecule is O=S(=O)(c1cc(Br)ccc1Br)N1CCN(c2ccccc2Cl)CC1. The highest BCUT2D eigenvalue weighted by atomic mass is 79.9. The van der Waals surface area contributed by atoms with Crippen LogP contribution in [0, 0.1) is 0 Å².